The summed E-state index contributed by atoms with van der Waals surface area (Å²) in [6.45, 7) is 11.9. The summed E-state index contributed by atoms with van der Waals surface area (Å²) in [7, 11) is 2.21. The van der Waals surface area contributed by atoms with Crippen LogP contribution in [0.1, 0.15) is 40.5 Å². The van der Waals surface area contributed by atoms with Crippen LogP contribution in [0, 0.1) is 5.41 Å². The van der Waals surface area contributed by atoms with Gasteiger partial charge in [0.1, 0.15) is 0 Å². The van der Waals surface area contributed by atoms with E-state index in [9.17, 15) is 0 Å². The van der Waals surface area contributed by atoms with E-state index in [1.165, 1.54) is 25.9 Å². The smallest absolute Gasteiger partial charge is 0.0633 e. The molecule has 0 aromatic rings. The second kappa shape index (κ2) is 4.19. The lowest BCUT2D eigenvalue weighted by Gasteiger charge is -2.22. The maximum atomic E-state index is 5.80. The SMILES string of the molecule is CC.CN1CCC2(COC(C)(C)C2)C1. The van der Waals surface area contributed by atoms with Crippen molar-refractivity contribution in [2.24, 2.45) is 5.41 Å². The molecule has 2 fully saturated rings. The van der Waals surface area contributed by atoms with E-state index in [2.05, 4.69) is 25.8 Å². The van der Waals surface area contributed by atoms with Crippen LogP contribution in [0.15, 0.2) is 0 Å². The van der Waals surface area contributed by atoms with Gasteiger partial charge in [-0.3, -0.25) is 0 Å². The summed E-state index contributed by atoms with van der Waals surface area (Å²) in [6, 6.07) is 0. The van der Waals surface area contributed by atoms with Gasteiger partial charge >= 0.3 is 0 Å². The Hall–Kier alpha value is -0.0800. The molecule has 2 heterocycles. The Morgan fingerprint density at radius 1 is 1.21 bits per heavy atom. The van der Waals surface area contributed by atoms with Gasteiger partial charge in [-0.05, 0) is 40.3 Å². The molecule has 0 aromatic heterocycles. The number of likely N-dealkylation sites (tertiary alicyclic amines) is 1. The largest absolute Gasteiger partial charge is 0.375 e. The van der Waals surface area contributed by atoms with Crippen molar-refractivity contribution in [2.45, 2.75) is 46.1 Å². The normalized spacial score (nSPS) is 35.8. The molecule has 0 aliphatic carbocycles. The molecule has 0 saturated carbocycles. The molecule has 0 bridgehead atoms. The first-order chi connectivity index (χ1) is 6.52. The van der Waals surface area contributed by atoms with E-state index in [4.69, 9.17) is 4.74 Å². The van der Waals surface area contributed by atoms with Crippen LogP contribution in [0.25, 0.3) is 0 Å². The summed E-state index contributed by atoms with van der Waals surface area (Å²) in [5.74, 6) is 0. The molecule has 14 heavy (non-hydrogen) atoms. The van der Waals surface area contributed by atoms with Gasteiger partial charge in [-0.2, -0.15) is 0 Å². The minimum atomic E-state index is 0.130. The Morgan fingerprint density at radius 2 is 1.86 bits per heavy atom. The van der Waals surface area contributed by atoms with Crippen LogP contribution in [-0.4, -0.2) is 37.2 Å². The average molecular weight is 199 g/mol. The molecular weight excluding hydrogens is 174 g/mol. The van der Waals surface area contributed by atoms with Crippen LogP contribution in [0.5, 0.6) is 0 Å². The van der Waals surface area contributed by atoms with Crippen molar-refractivity contribution in [3.05, 3.63) is 0 Å². The van der Waals surface area contributed by atoms with Gasteiger partial charge in [0.25, 0.3) is 0 Å². The number of hydrogen-bond acceptors (Lipinski definition) is 2. The monoisotopic (exact) mass is 199 g/mol. The molecule has 0 aromatic carbocycles. The molecule has 0 amide bonds. The summed E-state index contributed by atoms with van der Waals surface area (Å²) in [5.41, 5.74) is 0.628. The quantitative estimate of drug-likeness (QED) is 0.594. The minimum absolute atomic E-state index is 0.130. The zero-order valence-corrected chi connectivity index (χ0v) is 10.4. The van der Waals surface area contributed by atoms with Gasteiger partial charge in [-0.1, -0.05) is 13.8 Å². The number of rotatable bonds is 0. The Kier molecular flexibility index (Phi) is 3.59. The lowest BCUT2D eigenvalue weighted by Crippen LogP contribution is -2.26. The molecular formula is C12H25NO. The molecule has 2 nitrogen and oxygen atoms in total. The molecule has 2 aliphatic heterocycles. The minimum Gasteiger partial charge on any atom is -0.375 e. The predicted octanol–water partition coefficient (Wildman–Crippen LogP) is 2.53. The van der Waals surface area contributed by atoms with Gasteiger partial charge in [0.2, 0.25) is 0 Å². The van der Waals surface area contributed by atoms with Crippen LogP contribution in [0.2, 0.25) is 0 Å². The van der Waals surface area contributed by atoms with Crippen LogP contribution in [0.3, 0.4) is 0 Å². The lowest BCUT2D eigenvalue weighted by molar-refractivity contribution is 0.0316. The summed E-state index contributed by atoms with van der Waals surface area (Å²) in [4.78, 5) is 2.42. The summed E-state index contributed by atoms with van der Waals surface area (Å²) >= 11 is 0. The molecule has 2 heteroatoms. The van der Waals surface area contributed by atoms with Gasteiger partial charge in [0, 0.05) is 12.0 Å². The van der Waals surface area contributed by atoms with Crippen LogP contribution in [0.4, 0.5) is 0 Å². The van der Waals surface area contributed by atoms with Crippen molar-refractivity contribution < 1.29 is 4.74 Å². The zero-order chi connectivity index (χ0) is 10.8. The molecule has 84 valence electrons. The van der Waals surface area contributed by atoms with Gasteiger partial charge in [0.05, 0.1) is 12.2 Å². The van der Waals surface area contributed by atoms with Gasteiger partial charge in [-0.25, -0.2) is 0 Å². The Balaban J connectivity index is 0.000000461. The highest BCUT2D eigenvalue weighted by Crippen LogP contribution is 2.44. The molecule has 0 radical (unpaired) electrons. The van der Waals surface area contributed by atoms with Gasteiger partial charge in [-0.15, -0.1) is 0 Å². The zero-order valence-electron chi connectivity index (χ0n) is 10.4. The fourth-order valence-electron chi connectivity index (χ4n) is 2.77. The van der Waals surface area contributed by atoms with E-state index < -0.39 is 0 Å². The van der Waals surface area contributed by atoms with E-state index in [0.29, 0.717) is 5.41 Å². The molecule has 2 aliphatic rings. The average Bonchev–Trinajstić information content (AvgIpc) is 2.61. The van der Waals surface area contributed by atoms with Crippen molar-refractivity contribution in [3.63, 3.8) is 0 Å². The van der Waals surface area contributed by atoms with Crippen molar-refractivity contribution in [1.29, 1.82) is 0 Å². The summed E-state index contributed by atoms with van der Waals surface area (Å²) in [6.07, 6.45) is 2.57. The fraction of sp³-hybridized carbons (Fsp3) is 1.00. The third-order valence-electron chi connectivity index (χ3n) is 3.20. The maximum absolute atomic E-state index is 5.80. The Bertz CT molecular complexity index is 191. The maximum Gasteiger partial charge on any atom is 0.0633 e. The second-order valence-corrected chi connectivity index (χ2v) is 5.21. The standard InChI is InChI=1S/C10H19NO.C2H6/c1-9(2)6-10(8-12-9)4-5-11(3)7-10;1-2/h4-8H2,1-3H3;1-2H3. The number of nitrogens with zero attached hydrogens (tertiary/aromatic N) is 1. The Morgan fingerprint density at radius 3 is 2.21 bits per heavy atom. The highest BCUT2D eigenvalue weighted by atomic mass is 16.5. The van der Waals surface area contributed by atoms with E-state index in [-0.39, 0.29) is 5.60 Å². The molecule has 2 saturated heterocycles. The molecule has 2 rings (SSSR count). The predicted molar refractivity (Wildman–Crippen MR) is 60.5 cm³/mol. The summed E-state index contributed by atoms with van der Waals surface area (Å²) < 4.78 is 5.80. The third kappa shape index (κ3) is 2.48. The summed E-state index contributed by atoms with van der Waals surface area (Å²) in [5, 5.41) is 0. The topological polar surface area (TPSA) is 12.5 Å². The van der Waals surface area contributed by atoms with Gasteiger partial charge < -0.3 is 9.64 Å². The van der Waals surface area contributed by atoms with E-state index in [1.54, 1.807) is 0 Å². The first-order valence-corrected chi connectivity index (χ1v) is 5.84. The highest BCUT2D eigenvalue weighted by molar-refractivity contribution is 4.97. The Labute approximate surface area is 88.6 Å². The molecule has 1 unspecified atom stereocenters. The molecule has 1 atom stereocenters. The van der Waals surface area contributed by atoms with E-state index in [1.807, 2.05) is 13.8 Å². The highest BCUT2D eigenvalue weighted by Gasteiger charge is 2.47. The first kappa shape index (κ1) is 12.0. The van der Waals surface area contributed by atoms with Crippen molar-refractivity contribution in [1.82, 2.24) is 4.90 Å². The van der Waals surface area contributed by atoms with Crippen molar-refractivity contribution in [2.75, 3.05) is 26.7 Å². The van der Waals surface area contributed by atoms with Gasteiger partial charge in [0.15, 0.2) is 0 Å². The number of hydrogen-bond donors (Lipinski definition) is 0. The van der Waals surface area contributed by atoms with Crippen LogP contribution in [-0.2, 0) is 4.74 Å². The van der Waals surface area contributed by atoms with Crippen molar-refractivity contribution in [3.8, 4) is 0 Å². The van der Waals surface area contributed by atoms with E-state index >= 15 is 0 Å². The number of ether oxygens (including phenoxy) is 1. The lowest BCUT2D eigenvalue weighted by atomic mass is 9.81. The van der Waals surface area contributed by atoms with Crippen LogP contribution >= 0.6 is 0 Å². The fourth-order valence-corrected chi connectivity index (χ4v) is 2.77. The van der Waals surface area contributed by atoms with E-state index in [0.717, 1.165) is 6.61 Å². The third-order valence-corrected chi connectivity index (χ3v) is 3.20. The second-order valence-electron chi connectivity index (χ2n) is 5.21. The molecule has 0 N–H and O–H groups in total. The molecule has 1 spiro atoms. The van der Waals surface area contributed by atoms with Crippen LogP contribution < -0.4 is 0 Å². The first-order valence-electron chi connectivity index (χ1n) is 5.84. The van der Waals surface area contributed by atoms with Crippen molar-refractivity contribution >= 4 is 0 Å².